The van der Waals surface area contributed by atoms with E-state index in [-0.39, 0.29) is 17.5 Å². The molecule has 1 N–H and O–H groups in total. The highest BCUT2D eigenvalue weighted by atomic mass is 16.1. The van der Waals surface area contributed by atoms with Gasteiger partial charge in [-0.1, -0.05) is 13.8 Å². The summed E-state index contributed by atoms with van der Waals surface area (Å²) in [5.41, 5.74) is 3.98. The number of H-pyrrole nitrogens is 1. The van der Waals surface area contributed by atoms with Gasteiger partial charge in [-0.05, 0) is 38.7 Å². The number of fused-ring (bicyclic) bond motifs is 1. The van der Waals surface area contributed by atoms with E-state index < -0.39 is 0 Å². The van der Waals surface area contributed by atoms with Crippen LogP contribution in [0.1, 0.15) is 75.2 Å². The number of hydrogen-bond acceptors (Lipinski definition) is 4. The molecule has 0 unspecified atom stereocenters. The fourth-order valence-electron chi connectivity index (χ4n) is 3.42. The van der Waals surface area contributed by atoms with Crippen molar-refractivity contribution < 1.29 is 0 Å². The highest BCUT2D eigenvalue weighted by Crippen LogP contribution is 2.41. The third-order valence-corrected chi connectivity index (χ3v) is 4.90. The van der Waals surface area contributed by atoms with Gasteiger partial charge in [0.15, 0.2) is 5.65 Å². The van der Waals surface area contributed by atoms with E-state index in [2.05, 4.69) is 36.1 Å². The van der Waals surface area contributed by atoms with Crippen molar-refractivity contribution in [2.75, 3.05) is 0 Å². The van der Waals surface area contributed by atoms with E-state index in [0.717, 1.165) is 17.1 Å². The first-order valence-corrected chi connectivity index (χ1v) is 9.06. The third-order valence-electron chi connectivity index (χ3n) is 4.90. The highest BCUT2D eigenvalue weighted by molar-refractivity contribution is 5.66. The molecule has 0 radical (unpaired) electrons. The zero-order chi connectivity index (χ0) is 18.6. The summed E-state index contributed by atoms with van der Waals surface area (Å²) in [6.45, 7) is 8.15. The topological polar surface area (TPSA) is 91.8 Å². The number of nitriles is 1. The molecule has 1 aliphatic carbocycles. The maximum absolute atomic E-state index is 13.1. The average Bonchev–Trinajstić information content (AvgIpc) is 3.20. The maximum Gasteiger partial charge on any atom is 0.278 e. The van der Waals surface area contributed by atoms with Gasteiger partial charge in [0.05, 0.1) is 23.3 Å². The molecule has 7 heteroatoms. The van der Waals surface area contributed by atoms with E-state index in [4.69, 9.17) is 5.10 Å². The zero-order valence-electron chi connectivity index (χ0n) is 15.4. The molecular formula is C19H22N6O. The number of nitrogens with one attached hydrogen (secondary N) is 1. The second-order valence-electron chi connectivity index (χ2n) is 7.57. The van der Waals surface area contributed by atoms with Gasteiger partial charge in [0.25, 0.3) is 5.56 Å². The van der Waals surface area contributed by atoms with Crippen molar-refractivity contribution in [3.63, 3.8) is 0 Å². The molecule has 1 saturated carbocycles. The number of aromatic nitrogens is 5. The molecule has 1 aliphatic rings. The van der Waals surface area contributed by atoms with Crippen LogP contribution in [-0.2, 0) is 0 Å². The van der Waals surface area contributed by atoms with Crippen LogP contribution in [0.25, 0.3) is 17.0 Å². The lowest BCUT2D eigenvalue weighted by atomic mass is 10.0. The van der Waals surface area contributed by atoms with Crippen LogP contribution >= 0.6 is 0 Å². The first kappa shape index (κ1) is 16.6. The van der Waals surface area contributed by atoms with Crippen molar-refractivity contribution in [1.29, 1.82) is 5.26 Å². The molecule has 0 aliphatic heterocycles. The lowest BCUT2D eigenvalue weighted by molar-refractivity contribution is 0.531. The molecule has 134 valence electrons. The van der Waals surface area contributed by atoms with Crippen molar-refractivity contribution >= 4 is 5.65 Å². The van der Waals surface area contributed by atoms with Crippen LogP contribution in [0.15, 0.2) is 17.1 Å². The third kappa shape index (κ3) is 2.45. The molecule has 0 atom stereocenters. The second-order valence-corrected chi connectivity index (χ2v) is 7.57. The second kappa shape index (κ2) is 5.84. The van der Waals surface area contributed by atoms with Crippen LogP contribution in [0.5, 0.6) is 0 Å². The number of aromatic amines is 1. The van der Waals surface area contributed by atoms with E-state index >= 15 is 0 Å². The summed E-state index contributed by atoms with van der Waals surface area (Å²) in [7, 11) is 0. The Morgan fingerprint density at radius 1 is 1.31 bits per heavy atom. The Labute approximate surface area is 151 Å². The molecule has 0 saturated heterocycles. The van der Waals surface area contributed by atoms with Crippen molar-refractivity contribution in [2.45, 2.75) is 58.4 Å². The van der Waals surface area contributed by atoms with Crippen LogP contribution in [0.4, 0.5) is 0 Å². The van der Waals surface area contributed by atoms with E-state index in [9.17, 15) is 10.1 Å². The Morgan fingerprint density at radius 3 is 2.62 bits per heavy atom. The van der Waals surface area contributed by atoms with Crippen molar-refractivity contribution in [3.8, 4) is 17.5 Å². The Bertz CT molecular complexity index is 1090. The van der Waals surface area contributed by atoms with Crippen molar-refractivity contribution in [3.05, 3.63) is 39.4 Å². The summed E-state index contributed by atoms with van der Waals surface area (Å²) in [5.74, 6) is 0.532. The van der Waals surface area contributed by atoms with Crippen LogP contribution < -0.4 is 5.56 Å². The van der Waals surface area contributed by atoms with Gasteiger partial charge >= 0.3 is 0 Å². The fraction of sp³-hybridized carbons (Fsp3) is 0.474. The Kier molecular flexibility index (Phi) is 3.72. The predicted molar refractivity (Wildman–Crippen MR) is 98.2 cm³/mol. The monoisotopic (exact) mass is 350 g/mol. The van der Waals surface area contributed by atoms with Gasteiger partial charge in [0.2, 0.25) is 0 Å². The summed E-state index contributed by atoms with van der Waals surface area (Å²) in [6, 6.07) is 4.35. The normalized spacial score (nSPS) is 14.5. The molecule has 0 aromatic carbocycles. The van der Waals surface area contributed by atoms with E-state index in [1.165, 1.54) is 23.6 Å². The number of rotatable bonds is 4. The molecule has 0 bridgehead atoms. The molecule has 0 amide bonds. The van der Waals surface area contributed by atoms with Crippen molar-refractivity contribution in [1.82, 2.24) is 24.4 Å². The average molecular weight is 350 g/mol. The minimum Gasteiger partial charge on any atom is -0.337 e. The SMILES string of the molecule is CC(C)c1c(-c2cc(C3CC3)nn2C(C)C)[nH]c2c(C#N)cnn2c1=O. The molecular weight excluding hydrogens is 328 g/mol. The van der Waals surface area contributed by atoms with Crippen molar-refractivity contribution in [2.24, 2.45) is 0 Å². The Morgan fingerprint density at radius 2 is 2.04 bits per heavy atom. The van der Waals surface area contributed by atoms with Gasteiger partial charge in [0, 0.05) is 17.5 Å². The molecule has 3 heterocycles. The largest absolute Gasteiger partial charge is 0.337 e. The summed E-state index contributed by atoms with van der Waals surface area (Å²) in [6.07, 6.45) is 3.77. The van der Waals surface area contributed by atoms with Crippen LogP contribution in [0, 0.1) is 11.3 Å². The van der Waals surface area contributed by atoms with Crippen LogP contribution in [0.2, 0.25) is 0 Å². The fourth-order valence-corrected chi connectivity index (χ4v) is 3.42. The lowest BCUT2D eigenvalue weighted by Gasteiger charge is -2.16. The zero-order valence-corrected chi connectivity index (χ0v) is 15.4. The van der Waals surface area contributed by atoms with Gasteiger partial charge in [-0.25, -0.2) is 0 Å². The minimum absolute atomic E-state index is 0.00720. The molecule has 3 aromatic heterocycles. The first-order chi connectivity index (χ1) is 12.4. The molecule has 0 spiro atoms. The smallest absolute Gasteiger partial charge is 0.278 e. The number of nitrogens with zero attached hydrogens (tertiary/aromatic N) is 5. The molecule has 4 rings (SSSR count). The predicted octanol–water partition coefficient (Wildman–Crippen LogP) is 3.34. The van der Waals surface area contributed by atoms with Crippen LogP contribution in [-0.4, -0.2) is 24.4 Å². The summed E-state index contributed by atoms with van der Waals surface area (Å²) in [5, 5.41) is 18.2. The molecule has 26 heavy (non-hydrogen) atoms. The minimum atomic E-state index is -0.185. The van der Waals surface area contributed by atoms with Gasteiger partial charge in [0.1, 0.15) is 11.6 Å². The Hall–Kier alpha value is -2.88. The lowest BCUT2D eigenvalue weighted by Crippen LogP contribution is -2.23. The summed E-state index contributed by atoms with van der Waals surface area (Å²) >= 11 is 0. The standard InChI is InChI=1S/C19H22N6O/c1-10(2)16-17(22-18-13(8-20)9-21-25(18)19(16)26)15-7-14(12-5-6-12)23-24(15)11(3)4/h7,9-12,22H,5-6H2,1-4H3. The van der Waals surface area contributed by atoms with Gasteiger partial charge < -0.3 is 4.98 Å². The Balaban J connectivity index is 2.06. The first-order valence-electron chi connectivity index (χ1n) is 9.06. The highest BCUT2D eigenvalue weighted by Gasteiger charge is 2.29. The summed E-state index contributed by atoms with van der Waals surface area (Å²) in [4.78, 5) is 16.4. The molecule has 7 nitrogen and oxygen atoms in total. The van der Waals surface area contributed by atoms with Crippen LogP contribution in [0.3, 0.4) is 0 Å². The van der Waals surface area contributed by atoms with E-state index in [1.54, 1.807) is 0 Å². The maximum atomic E-state index is 13.1. The quantitative estimate of drug-likeness (QED) is 0.781. The molecule has 3 aromatic rings. The van der Waals surface area contributed by atoms with E-state index in [0.29, 0.717) is 22.7 Å². The van der Waals surface area contributed by atoms with E-state index in [1.807, 2.05) is 18.5 Å². The van der Waals surface area contributed by atoms with Gasteiger partial charge in [-0.3, -0.25) is 9.48 Å². The van der Waals surface area contributed by atoms with Gasteiger partial charge in [-0.15, -0.1) is 0 Å². The number of hydrogen-bond donors (Lipinski definition) is 1. The van der Waals surface area contributed by atoms with Gasteiger partial charge in [-0.2, -0.15) is 20.0 Å². The molecule has 1 fully saturated rings. The summed E-state index contributed by atoms with van der Waals surface area (Å²) < 4.78 is 3.26.